The van der Waals surface area contributed by atoms with Crippen LogP contribution in [0.15, 0.2) is 54.6 Å². The number of rotatable bonds is 5. The zero-order valence-corrected chi connectivity index (χ0v) is 22.9. The van der Waals surface area contributed by atoms with Crippen molar-refractivity contribution in [2.75, 3.05) is 39.9 Å². The Balaban J connectivity index is 1.59. The van der Waals surface area contributed by atoms with Crippen molar-refractivity contribution in [1.29, 1.82) is 0 Å². The average molecular weight is 551 g/mol. The van der Waals surface area contributed by atoms with Crippen molar-refractivity contribution >= 4 is 23.6 Å². The minimum Gasteiger partial charge on any atom is -0.491 e. The van der Waals surface area contributed by atoms with E-state index in [1.54, 1.807) is 36.2 Å². The summed E-state index contributed by atoms with van der Waals surface area (Å²) in [4.78, 5) is 56.9. The van der Waals surface area contributed by atoms with Crippen LogP contribution in [0.25, 0.3) is 0 Å². The van der Waals surface area contributed by atoms with Crippen LogP contribution in [0.4, 0.5) is 0 Å². The van der Waals surface area contributed by atoms with Crippen molar-refractivity contribution in [3.8, 4) is 5.75 Å². The molecule has 0 aliphatic carbocycles. The van der Waals surface area contributed by atoms with Gasteiger partial charge in [0.1, 0.15) is 24.4 Å². The highest BCUT2D eigenvalue weighted by Crippen LogP contribution is 2.22. The molecule has 0 radical (unpaired) electrons. The molecule has 3 N–H and O–H groups in total. The third-order valence-electron chi connectivity index (χ3n) is 7.56. The summed E-state index contributed by atoms with van der Waals surface area (Å²) >= 11 is 0. The van der Waals surface area contributed by atoms with Gasteiger partial charge in [0.2, 0.25) is 17.7 Å². The van der Waals surface area contributed by atoms with Gasteiger partial charge < -0.3 is 30.3 Å². The van der Waals surface area contributed by atoms with Crippen LogP contribution >= 0.6 is 0 Å². The normalized spacial score (nSPS) is 21.5. The zero-order valence-electron chi connectivity index (χ0n) is 22.9. The van der Waals surface area contributed by atoms with Crippen molar-refractivity contribution in [2.24, 2.45) is 5.92 Å². The molecule has 10 heteroatoms. The van der Waals surface area contributed by atoms with Gasteiger partial charge in [0.05, 0.1) is 18.5 Å². The summed E-state index contributed by atoms with van der Waals surface area (Å²) in [5.41, 5.74) is 1.13. The molecule has 214 valence electrons. The minimum atomic E-state index is -1.12. The fourth-order valence-corrected chi connectivity index (χ4v) is 5.22. The number of amides is 4. The number of carbonyl (C=O) groups excluding carboxylic acids is 4. The van der Waals surface area contributed by atoms with Crippen molar-refractivity contribution in [1.82, 2.24) is 20.4 Å². The van der Waals surface area contributed by atoms with Gasteiger partial charge >= 0.3 is 0 Å². The van der Waals surface area contributed by atoms with Crippen LogP contribution in [0, 0.1) is 5.92 Å². The number of para-hydroxylation sites is 1. The second kappa shape index (κ2) is 13.9. The van der Waals surface area contributed by atoms with Crippen LogP contribution in [0.2, 0.25) is 0 Å². The van der Waals surface area contributed by atoms with Crippen molar-refractivity contribution in [3.63, 3.8) is 0 Å². The lowest BCUT2D eigenvalue weighted by atomic mass is 9.93. The Morgan fingerprint density at radius 2 is 1.68 bits per heavy atom. The Kier molecular flexibility index (Phi) is 10.1. The Bertz CT molecular complexity index is 1180. The molecular weight excluding hydrogens is 512 g/mol. The van der Waals surface area contributed by atoms with E-state index in [4.69, 9.17) is 4.74 Å². The highest BCUT2D eigenvalue weighted by atomic mass is 16.5. The lowest BCUT2D eigenvalue weighted by Crippen LogP contribution is -2.54. The smallest absolute Gasteiger partial charge is 0.255 e. The third-order valence-corrected chi connectivity index (χ3v) is 7.56. The Morgan fingerprint density at radius 3 is 2.40 bits per heavy atom. The number of nitrogens with one attached hydrogen (secondary N) is 2. The predicted octanol–water partition coefficient (Wildman–Crippen LogP) is 1.37. The molecule has 0 bridgehead atoms. The van der Waals surface area contributed by atoms with E-state index in [0.717, 1.165) is 18.4 Å². The second-order valence-electron chi connectivity index (χ2n) is 10.4. The number of carbonyl (C=O) groups is 4. The highest BCUT2D eigenvalue weighted by molar-refractivity contribution is 6.01. The van der Waals surface area contributed by atoms with Gasteiger partial charge in [0.25, 0.3) is 5.91 Å². The lowest BCUT2D eigenvalue weighted by molar-refractivity contribution is -0.138. The van der Waals surface area contributed by atoms with Crippen LogP contribution in [0.3, 0.4) is 0 Å². The van der Waals surface area contributed by atoms with Gasteiger partial charge in [-0.05, 0) is 42.9 Å². The number of likely N-dealkylation sites (N-methyl/N-ethyl adjacent to an activating group) is 1. The number of aliphatic hydroxyl groups excluding tert-OH is 1. The van der Waals surface area contributed by atoms with Crippen LogP contribution in [-0.2, 0) is 20.8 Å². The number of likely N-dealkylation sites (tertiary alicyclic amines) is 1. The highest BCUT2D eigenvalue weighted by Gasteiger charge is 2.33. The number of fused-ring (bicyclic) bond motifs is 1. The summed E-state index contributed by atoms with van der Waals surface area (Å²) in [6.07, 6.45) is 2.15. The molecule has 0 saturated carbocycles. The third kappa shape index (κ3) is 7.59. The molecule has 0 spiro atoms. The van der Waals surface area contributed by atoms with Gasteiger partial charge in [-0.25, -0.2) is 0 Å². The number of aliphatic hydroxyl groups is 1. The number of nitrogens with zero attached hydrogens (tertiary/aromatic N) is 2. The van der Waals surface area contributed by atoms with Crippen molar-refractivity contribution in [3.05, 3.63) is 65.7 Å². The Hall–Kier alpha value is -3.92. The quantitative estimate of drug-likeness (QED) is 0.516. The van der Waals surface area contributed by atoms with Crippen LogP contribution < -0.4 is 15.4 Å². The second-order valence-corrected chi connectivity index (χ2v) is 10.4. The number of hydrogen-bond acceptors (Lipinski definition) is 6. The van der Waals surface area contributed by atoms with Gasteiger partial charge in [-0.1, -0.05) is 42.5 Å². The monoisotopic (exact) mass is 550 g/mol. The molecular formula is C30H38N4O6. The maximum atomic E-state index is 13.6. The van der Waals surface area contributed by atoms with E-state index in [1.165, 1.54) is 4.90 Å². The maximum absolute atomic E-state index is 13.6. The molecule has 40 heavy (non-hydrogen) atoms. The average Bonchev–Trinajstić information content (AvgIpc) is 2.96. The molecule has 4 rings (SSSR count). The molecule has 4 amide bonds. The van der Waals surface area contributed by atoms with E-state index >= 15 is 0 Å². The number of hydrogen-bond donors (Lipinski definition) is 3. The first-order valence-electron chi connectivity index (χ1n) is 13.9. The van der Waals surface area contributed by atoms with E-state index in [9.17, 15) is 24.3 Å². The molecule has 0 unspecified atom stereocenters. The fraction of sp³-hybridized carbons (Fsp3) is 0.467. The molecule has 2 heterocycles. The van der Waals surface area contributed by atoms with E-state index in [0.29, 0.717) is 31.2 Å². The molecule has 2 atom stereocenters. The predicted molar refractivity (Wildman–Crippen MR) is 149 cm³/mol. The van der Waals surface area contributed by atoms with Gasteiger partial charge in [0, 0.05) is 33.2 Å². The SMILES string of the molecule is CN1CCOc2ccccc2C(=O)N[C@H](C(=O)N2CCC(CCO)CC2)CC(=O)N[C@@H](Cc2ccccc2)C1=O. The van der Waals surface area contributed by atoms with E-state index in [2.05, 4.69) is 10.6 Å². The summed E-state index contributed by atoms with van der Waals surface area (Å²) in [6.45, 7) is 1.47. The summed E-state index contributed by atoms with van der Waals surface area (Å²) in [5.74, 6) is -0.971. The number of benzene rings is 2. The van der Waals surface area contributed by atoms with Crippen molar-refractivity contribution in [2.45, 2.75) is 44.2 Å². The Labute approximate surface area is 234 Å². The van der Waals surface area contributed by atoms with Crippen molar-refractivity contribution < 1.29 is 29.0 Å². The first kappa shape index (κ1) is 29.1. The van der Waals surface area contributed by atoms with Gasteiger partial charge in [0.15, 0.2) is 0 Å². The molecule has 2 aromatic rings. The lowest BCUT2D eigenvalue weighted by Gasteiger charge is -2.34. The minimum absolute atomic E-state index is 0.108. The summed E-state index contributed by atoms with van der Waals surface area (Å²) in [6, 6.07) is 14.1. The summed E-state index contributed by atoms with van der Waals surface area (Å²) in [5, 5.41) is 14.9. The number of ether oxygens (including phenoxy) is 1. The fourth-order valence-electron chi connectivity index (χ4n) is 5.22. The van der Waals surface area contributed by atoms with E-state index < -0.39 is 23.9 Å². The molecule has 2 aliphatic heterocycles. The zero-order chi connectivity index (χ0) is 28.5. The van der Waals surface area contributed by atoms with Gasteiger partial charge in [-0.15, -0.1) is 0 Å². The van der Waals surface area contributed by atoms with E-state index in [1.807, 2.05) is 30.3 Å². The van der Waals surface area contributed by atoms with E-state index in [-0.39, 0.29) is 50.0 Å². The molecule has 0 aromatic heterocycles. The molecule has 2 aromatic carbocycles. The first-order valence-corrected chi connectivity index (χ1v) is 13.9. The summed E-state index contributed by atoms with van der Waals surface area (Å²) < 4.78 is 5.89. The molecule has 10 nitrogen and oxygen atoms in total. The largest absolute Gasteiger partial charge is 0.491 e. The Morgan fingerprint density at radius 1 is 0.975 bits per heavy atom. The standard InChI is InChI=1S/C30H38N4O6/c1-33-16-18-40-26-10-6-5-9-23(26)28(37)32-25(30(39)34-14-11-21(12-15-34)13-17-35)20-27(36)31-24(29(33)38)19-22-7-3-2-4-8-22/h2-10,21,24-25,35H,11-20H2,1H3,(H,31,36)(H,32,37)/t24-,25-/m0/s1. The first-order chi connectivity index (χ1) is 19.4. The summed E-state index contributed by atoms with van der Waals surface area (Å²) in [7, 11) is 1.65. The van der Waals surface area contributed by atoms with Crippen LogP contribution in [-0.4, -0.2) is 90.5 Å². The van der Waals surface area contributed by atoms with Crippen LogP contribution in [0.1, 0.15) is 41.6 Å². The molecule has 1 fully saturated rings. The van der Waals surface area contributed by atoms with Crippen LogP contribution in [0.5, 0.6) is 5.75 Å². The maximum Gasteiger partial charge on any atom is 0.255 e. The van der Waals surface area contributed by atoms with Gasteiger partial charge in [-0.2, -0.15) is 0 Å². The molecule has 1 saturated heterocycles. The number of piperidine rings is 1. The topological polar surface area (TPSA) is 128 Å². The molecule has 2 aliphatic rings. The van der Waals surface area contributed by atoms with Gasteiger partial charge in [-0.3, -0.25) is 19.2 Å².